The monoisotopic (exact) mass is 267 g/mol. The fourth-order valence-electron chi connectivity index (χ4n) is 2.44. The quantitative estimate of drug-likeness (QED) is 0.789. The number of nitrogens with two attached hydrogens (primary N) is 1. The van der Waals surface area contributed by atoms with Crippen molar-refractivity contribution >= 4 is 5.52 Å². The maximum absolute atomic E-state index is 5.81. The fourth-order valence-corrected chi connectivity index (χ4v) is 2.44. The number of hydrogen-bond donors (Lipinski definition) is 1. The van der Waals surface area contributed by atoms with Gasteiger partial charge >= 0.3 is 0 Å². The van der Waals surface area contributed by atoms with Crippen molar-refractivity contribution in [2.45, 2.75) is 13.0 Å². The number of rotatable bonds is 4. The molecule has 0 atom stereocenters. The molecule has 0 fully saturated rings. The van der Waals surface area contributed by atoms with E-state index >= 15 is 0 Å². The Morgan fingerprint density at radius 3 is 2.85 bits per heavy atom. The zero-order valence-electron chi connectivity index (χ0n) is 11.4. The van der Waals surface area contributed by atoms with Crippen LogP contribution in [0.4, 0.5) is 0 Å². The Morgan fingerprint density at radius 2 is 2.05 bits per heavy atom. The molecule has 4 heteroatoms. The fraction of sp³-hybridized carbons (Fsp3) is 0.188. The highest BCUT2D eigenvalue weighted by Gasteiger charge is 2.08. The first-order valence-corrected chi connectivity index (χ1v) is 6.59. The number of fused-ring (bicyclic) bond motifs is 1. The van der Waals surface area contributed by atoms with E-state index in [0.29, 0.717) is 6.54 Å². The molecular weight excluding hydrogens is 250 g/mol. The van der Waals surface area contributed by atoms with E-state index in [1.54, 1.807) is 7.11 Å². The summed E-state index contributed by atoms with van der Waals surface area (Å²) in [6.45, 7) is 0.499. The summed E-state index contributed by atoms with van der Waals surface area (Å²) in [5.41, 5.74) is 9.13. The lowest BCUT2D eigenvalue weighted by Gasteiger charge is -2.08. The third-order valence-corrected chi connectivity index (χ3v) is 3.41. The predicted molar refractivity (Wildman–Crippen MR) is 78.9 cm³/mol. The number of imidazole rings is 1. The van der Waals surface area contributed by atoms with E-state index in [1.807, 2.05) is 42.6 Å². The molecule has 2 aromatic heterocycles. The molecule has 20 heavy (non-hydrogen) atoms. The highest BCUT2D eigenvalue weighted by atomic mass is 16.5. The maximum Gasteiger partial charge on any atom is 0.119 e. The van der Waals surface area contributed by atoms with Crippen molar-refractivity contribution in [2.75, 3.05) is 7.11 Å². The van der Waals surface area contributed by atoms with Gasteiger partial charge in [-0.1, -0.05) is 18.2 Å². The van der Waals surface area contributed by atoms with Crippen LogP contribution in [0.15, 0.2) is 48.7 Å². The molecule has 0 saturated heterocycles. The van der Waals surface area contributed by atoms with E-state index in [0.717, 1.165) is 29.2 Å². The van der Waals surface area contributed by atoms with Crippen LogP contribution in [0.3, 0.4) is 0 Å². The molecule has 0 unspecified atom stereocenters. The van der Waals surface area contributed by atoms with Crippen molar-refractivity contribution in [1.82, 2.24) is 9.38 Å². The lowest BCUT2D eigenvalue weighted by atomic mass is 10.1. The number of aromatic nitrogens is 2. The number of methoxy groups -OCH3 is 1. The molecule has 0 aliphatic carbocycles. The summed E-state index contributed by atoms with van der Waals surface area (Å²) >= 11 is 0. The van der Waals surface area contributed by atoms with Crippen molar-refractivity contribution in [3.8, 4) is 5.75 Å². The first kappa shape index (κ1) is 12.7. The maximum atomic E-state index is 5.81. The molecule has 0 aliphatic heterocycles. The van der Waals surface area contributed by atoms with Gasteiger partial charge in [0.15, 0.2) is 0 Å². The van der Waals surface area contributed by atoms with Crippen LogP contribution in [0.5, 0.6) is 5.75 Å². The summed E-state index contributed by atoms with van der Waals surface area (Å²) in [7, 11) is 1.68. The van der Waals surface area contributed by atoms with Gasteiger partial charge in [0.2, 0.25) is 0 Å². The molecule has 0 bridgehead atoms. The largest absolute Gasteiger partial charge is 0.497 e. The van der Waals surface area contributed by atoms with Gasteiger partial charge in [-0.25, -0.2) is 4.98 Å². The lowest BCUT2D eigenvalue weighted by Crippen LogP contribution is -2.07. The van der Waals surface area contributed by atoms with Gasteiger partial charge in [0.25, 0.3) is 0 Å². The second kappa shape index (κ2) is 5.35. The molecule has 1 aromatic carbocycles. The Bertz CT molecular complexity index is 733. The highest BCUT2D eigenvalue weighted by Crippen LogP contribution is 2.18. The van der Waals surface area contributed by atoms with Crippen molar-refractivity contribution in [3.05, 3.63) is 65.7 Å². The van der Waals surface area contributed by atoms with E-state index in [9.17, 15) is 0 Å². The van der Waals surface area contributed by atoms with E-state index in [4.69, 9.17) is 10.5 Å². The van der Waals surface area contributed by atoms with E-state index in [-0.39, 0.29) is 0 Å². The van der Waals surface area contributed by atoms with Crippen LogP contribution < -0.4 is 10.5 Å². The molecule has 4 nitrogen and oxygen atoms in total. The van der Waals surface area contributed by atoms with Crippen LogP contribution >= 0.6 is 0 Å². The second-order valence-electron chi connectivity index (χ2n) is 4.68. The van der Waals surface area contributed by atoms with Crippen LogP contribution in [-0.4, -0.2) is 16.5 Å². The van der Waals surface area contributed by atoms with Gasteiger partial charge in [-0.05, 0) is 29.8 Å². The van der Waals surface area contributed by atoms with Crippen LogP contribution in [0, 0.1) is 0 Å². The lowest BCUT2D eigenvalue weighted by molar-refractivity contribution is 0.414. The van der Waals surface area contributed by atoms with Gasteiger partial charge < -0.3 is 10.5 Å². The number of hydrogen-bond acceptors (Lipinski definition) is 3. The first-order chi connectivity index (χ1) is 9.81. The molecule has 0 amide bonds. The van der Waals surface area contributed by atoms with Crippen LogP contribution in [0.1, 0.15) is 17.1 Å². The highest BCUT2D eigenvalue weighted by molar-refractivity contribution is 5.48. The van der Waals surface area contributed by atoms with Gasteiger partial charge in [0.1, 0.15) is 11.6 Å². The van der Waals surface area contributed by atoms with Gasteiger partial charge in [0, 0.05) is 18.7 Å². The zero-order valence-corrected chi connectivity index (χ0v) is 11.4. The minimum atomic E-state index is 0.499. The van der Waals surface area contributed by atoms with Gasteiger partial charge in [-0.3, -0.25) is 4.40 Å². The molecule has 102 valence electrons. The number of nitrogens with zero attached hydrogens (tertiary/aromatic N) is 2. The Kier molecular flexibility index (Phi) is 3.39. The van der Waals surface area contributed by atoms with Crippen molar-refractivity contribution in [2.24, 2.45) is 5.73 Å². The van der Waals surface area contributed by atoms with Crippen molar-refractivity contribution in [3.63, 3.8) is 0 Å². The normalized spacial score (nSPS) is 10.9. The second-order valence-corrected chi connectivity index (χ2v) is 4.68. The third-order valence-electron chi connectivity index (χ3n) is 3.41. The summed E-state index contributed by atoms with van der Waals surface area (Å²) < 4.78 is 7.38. The number of pyridine rings is 1. The zero-order chi connectivity index (χ0) is 13.9. The average Bonchev–Trinajstić information content (AvgIpc) is 2.90. The van der Waals surface area contributed by atoms with Crippen molar-refractivity contribution in [1.29, 1.82) is 0 Å². The standard InChI is InChI=1S/C16H17N3O/c1-20-15-7-2-4-12(8-15)9-16-18-11-14-6-3-5-13(10-17)19(14)16/h2-8,11H,9-10,17H2,1H3. The summed E-state index contributed by atoms with van der Waals surface area (Å²) in [5, 5.41) is 0. The molecule has 3 aromatic rings. The molecular formula is C16H17N3O. The summed E-state index contributed by atoms with van der Waals surface area (Å²) in [4.78, 5) is 4.52. The summed E-state index contributed by atoms with van der Waals surface area (Å²) in [5.74, 6) is 1.86. The van der Waals surface area contributed by atoms with E-state index < -0.39 is 0 Å². The Labute approximate surface area is 117 Å². The number of ether oxygens (including phenoxy) is 1. The third kappa shape index (κ3) is 2.26. The number of benzene rings is 1. The average molecular weight is 267 g/mol. The Hall–Kier alpha value is -2.33. The smallest absolute Gasteiger partial charge is 0.119 e. The molecule has 0 saturated carbocycles. The Balaban J connectivity index is 2.02. The van der Waals surface area contributed by atoms with E-state index in [1.165, 1.54) is 5.56 Å². The van der Waals surface area contributed by atoms with Gasteiger partial charge in [0.05, 0.1) is 18.8 Å². The van der Waals surface area contributed by atoms with E-state index in [2.05, 4.69) is 15.5 Å². The molecule has 2 N–H and O–H groups in total. The minimum absolute atomic E-state index is 0.499. The topological polar surface area (TPSA) is 52.5 Å². The predicted octanol–water partition coefficient (Wildman–Crippen LogP) is 2.39. The summed E-state index contributed by atoms with van der Waals surface area (Å²) in [6, 6.07) is 14.1. The Morgan fingerprint density at radius 1 is 1.20 bits per heavy atom. The van der Waals surface area contributed by atoms with Gasteiger partial charge in [-0.15, -0.1) is 0 Å². The molecule has 0 spiro atoms. The van der Waals surface area contributed by atoms with Crippen LogP contribution in [0.25, 0.3) is 5.52 Å². The summed E-state index contributed by atoms with van der Waals surface area (Å²) in [6.07, 6.45) is 2.64. The van der Waals surface area contributed by atoms with Gasteiger partial charge in [-0.2, -0.15) is 0 Å². The molecule has 2 heterocycles. The molecule has 3 rings (SSSR count). The first-order valence-electron chi connectivity index (χ1n) is 6.59. The van der Waals surface area contributed by atoms with Crippen LogP contribution in [0.2, 0.25) is 0 Å². The van der Waals surface area contributed by atoms with Crippen LogP contribution in [-0.2, 0) is 13.0 Å². The molecule has 0 radical (unpaired) electrons. The molecule has 0 aliphatic rings. The SMILES string of the molecule is COc1cccc(Cc2ncc3cccc(CN)n23)c1. The minimum Gasteiger partial charge on any atom is -0.497 e. The van der Waals surface area contributed by atoms with Crippen molar-refractivity contribution < 1.29 is 4.74 Å².